The van der Waals surface area contributed by atoms with Crippen molar-refractivity contribution in [1.82, 2.24) is 30.1 Å². The minimum absolute atomic E-state index is 0.496. The Bertz CT molecular complexity index is 923. The molecule has 0 bridgehead atoms. The highest BCUT2D eigenvalue weighted by Crippen LogP contribution is 2.10. The van der Waals surface area contributed by atoms with Gasteiger partial charge in [0.15, 0.2) is 5.82 Å². The molecule has 0 fully saturated rings. The number of fused-ring (bicyclic) bond motifs is 1. The van der Waals surface area contributed by atoms with Crippen LogP contribution < -0.4 is 4.57 Å². The first-order valence-electron chi connectivity index (χ1n) is 6.63. The average Bonchev–Trinajstić information content (AvgIpc) is 2.62. The van der Waals surface area contributed by atoms with Crippen molar-refractivity contribution in [2.24, 2.45) is 0 Å². The summed E-state index contributed by atoms with van der Waals surface area (Å²) in [6.07, 6.45) is 6.55. The molecule has 1 aromatic carbocycles. The first-order valence-corrected chi connectivity index (χ1v) is 6.63. The molecule has 104 valence electrons. The van der Waals surface area contributed by atoms with Gasteiger partial charge in [-0.05, 0) is 18.2 Å². The van der Waals surface area contributed by atoms with Gasteiger partial charge < -0.3 is 0 Å². The van der Waals surface area contributed by atoms with Crippen molar-refractivity contribution in [2.75, 3.05) is 0 Å². The molecule has 4 rings (SSSR count). The van der Waals surface area contributed by atoms with E-state index in [0.717, 1.165) is 10.9 Å². The zero-order valence-corrected chi connectivity index (χ0v) is 11.4. The molecule has 0 spiro atoms. The van der Waals surface area contributed by atoms with Gasteiger partial charge in [-0.1, -0.05) is 17.2 Å². The number of rotatable bonds is 2. The Morgan fingerprint density at radius 3 is 2.50 bits per heavy atom. The largest absolute Gasteiger partial charge is 0.292 e. The molecule has 4 aromatic rings. The molecule has 0 radical (unpaired) electrons. The number of hydrogen-bond acceptors (Lipinski definition) is 6. The van der Waals surface area contributed by atoms with E-state index in [1.807, 2.05) is 47.2 Å². The van der Waals surface area contributed by atoms with Gasteiger partial charge >= 0.3 is 0 Å². The van der Waals surface area contributed by atoms with Gasteiger partial charge in [0.2, 0.25) is 6.33 Å². The van der Waals surface area contributed by atoms with Crippen LogP contribution in [0.4, 0.5) is 0 Å². The number of nitrogens with zero attached hydrogens (tertiary/aromatic N) is 7. The molecular weight excluding hydrogens is 278 g/mol. The molecule has 0 saturated carbocycles. The lowest BCUT2D eigenvalue weighted by Gasteiger charge is -1.99. The van der Waals surface area contributed by atoms with Gasteiger partial charge in [-0.25, -0.2) is 19.5 Å². The highest BCUT2D eigenvalue weighted by Gasteiger charge is 2.10. The van der Waals surface area contributed by atoms with Gasteiger partial charge in [-0.15, -0.1) is 4.98 Å². The molecule has 7 heteroatoms. The Hall–Kier alpha value is -3.35. The maximum Gasteiger partial charge on any atom is 0.292 e. The Morgan fingerprint density at radius 2 is 1.68 bits per heavy atom. The third-order valence-corrected chi connectivity index (χ3v) is 3.17. The van der Waals surface area contributed by atoms with E-state index in [4.69, 9.17) is 0 Å². The summed E-state index contributed by atoms with van der Waals surface area (Å²) in [4.78, 5) is 16.3. The van der Waals surface area contributed by atoms with Crippen molar-refractivity contribution < 1.29 is 4.57 Å². The monoisotopic (exact) mass is 288 g/mol. The summed E-state index contributed by atoms with van der Waals surface area (Å²) in [6, 6.07) is 11.6. The number of hydrogen-bond donors (Lipinski definition) is 0. The topological polar surface area (TPSA) is 81.2 Å². The van der Waals surface area contributed by atoms with Crippen LogP contribution in [0.25, 0.3) is 28.2 Å². The third-order valence-electron chi connectivity index (χ3n) is 3.17. The molecule has 0 aliphatic carbocycles. The number of aromatic nitrogens is 7. The van der Waals surface area contributed by atoms with E-state index in [9.17, 15) is 0 Å². The molecule has 0 atom stereocenters. The fourth-order valence-corrected chi connectivity index (χ4v) is 2.10. The van der Waals surface area contributed by atoms with Crippen LogP contribution in [0.2, 0.25) is 0 Å². The number of benzene rings is 1. The molecule has 0 aliphatic heterocycles. The second-order valence-corrected chi connectivity index (χ2v) is 4.58. The highest BCUT2D eigenvalue weighted by atomic mass is 15.2. The Balaban J connectivity index is 1.73. The maximum absolute atomic E-state index is 4.40. The van der Waals surface area contributed by atoms with Gasteiger partial charge in [-0.3, -0.25) is 0 Å². The highest BCUT2D eigenvalue weighted by molar-refractivity contribution is 5.76. The molecule has 0 saturated heterocycles. The van der Waals surface area contributed by atoms with E-state index in [0.29, 0.717) is 17.3 Å². The van der Waals surface area contributed by atoms with Crippen LogP contribution in [0.15, 0.2) is 61.6 Å². The molecule has 0 N–H and O–H groups in total. The summed E-state index contributed by atoms with van der Waals surface area (Å²) in [6.45, 7) is 0. The molecular formula is C15H10N7+. The van der Waals surface area contributed by atoms with E-state index >= 15 is 0 Å². The average molecular weight is 288 g/mol. The van der Waals surface area contributed by atoms with Gasteiger partial charge in [0.1, 0.15) is 23.9 Å². The van der Waals surface area contributed by atoms with Crippen LogP contribution in [0.3, 0.4) is 0 Å². The van der Waals surface area contributed by atoms with Crippen LogP contribution in [-0.2, 0) is 0 Å². The standard InChI is InChI=1S/C15H10N7/c1-2-4-12-11(3-1)7-22(10-19-12)14-6-5-13(20-21-14)15-17-8-16-9-18-15/h1-10H/q+1. The molecule has 7 nitrogen and oxygen atoms in total. The molecule has 0 amide bonds. The molecule has 22 heavy (non-hydrogen) atoms. The second kappa shape index (κ2) is 5.21. The third kappa shape index (κ3) is 2.24. The van der Waals surface area contributed by atoms with E-state index in [2.05, 4.69) is 30.1 Å². The van der Waals surface area contributed by atoms with Crippen molar-refractivity contribution in [2.45, 2.75) is 0 Å². The van der Waals surface area contributed by atoms with E-state index in [1.54, 1.807) is 6.33 Å². The molecule has 3 heterocycles. The summed E-state index contributed by atoms with van der Waals surface area (Å²) in [5, 5.41) is 9.39. The van der Waals surface area contributed by atoms with Crippen LogP contribution in [0, 0.1) is 0 Å². The van der Waals surface area contributed by atoms with Gasteiger partial charge in [0.25, 0.3) is 5.82 Å². The molecule has 0 unspecified atom stereocenters. The quantitative estimate of drug-likeness (QED) is 0.515. The Labute approximate surface area is 125 Å². The zero-order valence-electron chi connectivity index (χ0n) is 11.4. The lowest BCUT2D eigenvalue weighted by Crippen LogP contribution is -2.32. The normalized spacial score (nSPS) is 10.7. The Morgan fingerprint density at radius 1 is 0.818 bits per heavy atom. The van der Waals surface area contributed by atoms with Gasteiger partial charge in [0, 0.05) is 16.6 Å². The molecule has 0 aliphatic rings. The van der Waals surface area contributed by atoms with Gasteiger partial charge in [0.05, 0.1) is 6.20 Å². The summed E-state index contributed by atoms with van der Waals surface area (Å²) in [5.41, 5.74) is 1.54. The van der Waals surface area contributed by atoms with Crippen LogP contribution >= 0.6 is 0 Å². The zero-order chi connectivity index (χ0) is 14.8. The predicted molar refractivity (Wildman–Crippen MR) is 77.7 cm³/mol. The van der Waals surface area contributed by atoms with Crippen molar-refractivity contribution >= 4 is 10.9 Å². The van der Waals surface area contributed by atoms with Crippen molar-refractivity contribution in [3.8, 4) is 17.3 Å². The van der Waals surface area contributed by atoms with Crippen molar-refractivity contribution in [1.29, 1.82) is 0 Å². The first-order chi connectivity index (χ1) is 10.9. The maximum atomic E-state index is 4.40. The van der Waals surface area contributed by atoms with Crippen LogP contribution in [0.5, 0.6) is 0 Å². The predicted octanol–water partition coefficient (Wildman–Crippen LogP) is 1.15. The van der Waals surface area contributed by atoms with Crippen molar-refractivity contribution in [3.63, 3.8) is 0 Å². The number of para-hydroxylation sites is 1. The lowest BCUT2D eigenvalue weighted by atomic mass is 10.2. The second-order valence-electron chi connectivity index (χ2n) is 4.58. The van der Waals surface area contributed by atoms with Crippen LogP contribution in [-0.4, -0.2) is 30.1 Å². The summed E-state index contributed by atoms with van der Waals surface area (Å²) < 4.78 is 1.83. The van der Waals surface area contributed by atoms with E-state index in [1.165, 1.54) is 12.7 Å². The Kier molecular flexibility index (Phi) is 2.93. The summed E-state index contributed by atoms with van der Waals surface area (Å²) in [7, 11) is 0. The minimum atomic E-state index is 0.496. The van der Waals surface area contributed by atoms with E-state index in [-0.39, 0.29) is 0 Å². The van der Waals surface area contributed by atoms with Crippen molar-refractivity contribution in [3.05, 3.63) is 61.6 Å². The van der Waals surface area contributed by atoms with Gasteiger partial charge in [-0.2, -0.15) is 0 Å². The van der Waals surface area contributed by atoms with Crippen LogP contribution in [0.1, 0.15) is 0 Å². The first kappa shape index (κ1) is 12.4. The fourth-order valence-electron chi connectivity index (χ4n) is 2.10. The van der Waals surface area contributed by atoms with E-state index < -0.39 is 0 Å². The SMILES string of the molecule is c1ccc2nc[n+](-c3ccc(-c4ncncn4)nn3)cc2c1. The molecule has 3 aromatic heterocycles. The lowest BCUT2D eigenvalue weighted by molar-refractivity contribution is -0.601. The smallest absolute Gasteiger partial charge is 0.225 e. The summed E-state index contributed by atoms with van der Waals surface area (Å²) >= 11 is 0. The summed E-state index contributed by atoms with van der Waals surface area (Å²) in [5.74, 6) is 1.17. The minimum Gasteiger partial charge on any atom is -0.225 e. The fraction of sp³-hybridized carbons (Fsp3) is 0.